The van der Waals surface area contributed by atoms with Crippen molar-refractivity contribution in [1.29, 1.82) is 0 Å². The van der Waals surface area contributed by atoms with Crippen molar-refractivity contribution in [3.8, 4) is 0 Å². The molecule has 1 fully saturated rings. The Labute approximate surface area is 73.4 Å². The highest BCUT2D eigenvalue weighted by atomic mass is 32.1. The van der Waals surface area contributed by atoms with Gasteiger partial charge in [0.15, 0.2) is 0 Å². The molecule has 1 aliphatic heterocycles. The molecule has 0 radical (unpaired) electrons. The van der Waals surface area contributed by atoms with Crippen molar-refractivity contribution < 1.29 is 9.84 Å². The number of rotatable bonds is 3. The zero-order chi connectivity index (χ0) is 8.27. The maximum absolute atomic E-state index is 8.72. The van der Waals surface area contributed by atoms with Crippen molar-refractivity contribution in [2.45, 2.75) is 32.0 Å². The molecule has 0 saturated carbocycles. The van der Waals surface area contributed by atoms with Gasteiger partial charge in [-0.3, -0.25) is 0 Å². The van der Waals surface area contributed by atoms with E-state index < -0.39 is 0 Å². The molecule has 0 aliphatic carbocycles. The van der Waals surface area contributed by atoms with Crippen LogP contribution in [0.4, 0.5) is 0 Å². The summed E-state index contributed by atoms with van der Waals surface area (Å²) in [5, 5.41) is 8.72. The van der Waals surface area contributed by atoms with Gasteiger partial charge in [-0.25, -0.2) is 0 Å². The van der Waals surface area contributed by atoms with Crippen molar-refractivity contribution in [3.05, 3.63) is 0 Å². The summed E-state index contributed by atoms with van der Waals surface area (Å²) in [4.78, 5) is 0. The van der Waals surface area contributed by atoms with Gasteiger partial charge < -0.3 is 9.84 Å². The van der Waals surface area contributed by atoms with E-state index >= 15 is 0 Å². The molecular formula is C8H16O2S. The molecule has 3 atom stereocenters. The van der Waals surface area contributed by atoms with Crippen molar-refractivity contribution >= 4 is 12.6 Å². The molecule has 1 N–H and O–H groups in total. The van der Waals surface area contributed by atoms with Crippen LogP contribution in [0.2, 0.25) is 0 Å². The van der Waals surface area contributed by atoms with E-state index in [1.807, 2.05) is 0 Å². The van der Waals surface area contributed by atoms with Crippen LogP contribution in [0.15, 0.2) is 0 Å². The van der Waals surface area contributed by atoms with Gasteiger partial charge in [-0.2, -0.15) is 12.6 Å². The summed E-state index contributed by atoms with van der Waals surface area (Å²) in [5.74, 6) is 1.41. The SMILES string of the molecule is C[C@H]1CC(CS)[C@@H](CCO)O1. The fourth-order valence-electron chi connectivity index (χ4n) is 1.67. The van der Waals surface area contributed by atoms with Gasteiger partial charge in [-0.05, 0) is 31.4 Å². The van der Waals surface area contributed by atoms with E-state index in [0.29, 0.717) is 12.0 Å². The lowest BCUT2D eigenvalue weighted by atomic mass is 10.00. The predicted molar refractivity (Wildman–Crippen MR) is 48.0 cm³/mol. The Morgan fingerprint density at radius 3 is 2.91 bits per heavy atom. The molecule has 66 valence electrons. The number of hydrogen-bond donors (Lipinski definition) is 2. The molecule has 0 spiro atoms. The molecule has 0 amide bonds. The third-order valence-electron chi connectivity index (χ3n) is 2.22. The van der Waals surface area contributed by atoms with Crippen molar-refractivity contribution in [2.24, 2.45) is 5.92 Å². The third kappa shape index (κ3) is 2.36. The van der Waals surface area contributed by atoms with E-state index in [4.69, 9.17) is 9.84 Å². The fourth-order valence-corrected chi connectivity index (χ4v) is 2.05. The van der Waals surface area contributed by atoms with Crippen molar-refractivity contribution in [3.63, 3.8) is 0 Å². The largest absolute Gasteiger partial charge is 0.396 e. The first-order chi connectivity index (χ1) is 5.27. The van der Waals surface area contributed by atoms with Gasteiger partial charge in [0.2, 0.25) is 0 Å². The van der Waals surface area contributed by atoms with Crippen LogP contribution in [0, 0.1) is 5.92 Å². The fraction of sp³-hybridized carbons (Fsp3) is 1.00. The Morgan fingerprint density at radius 1 is 1.64 bits per heavy atom. The van der Waals surface area contributed by atoms with Gasteiger partial charge in [0.05, 0.1) is 12.2 Å². The van der Waals surface area contributed by atoms with E-state index in [-0.39, 0.29) is 12.7 Å². The third-order valence-corrected chi connectivity index (χ3v) is 2.68. The first-order valence-electron chi connectivity index (χ1n) is 4.15. The van der Waals surface area contributed by atoms with Crippen LogP contribution in [0.5, 0.6) is 0 Å². The van der Waals surface area contributed by atoms with Gasteiger partial charge in [0, 0.05) is 6.61 Å². The minimum Gasteiger partial charge on any atom is -0.396 e. The van der Waals surface area contributed by atoms with Crippen LogP contribution in [0.1, 0.15) is 19.8 Å². The zero-order valence-corrected chi connectivity index (χ0v) is 7.76. The molecule has 0 aromatic heterocycles. The van der Waals surface area contributed by atoms with Gasteiger partial charge >= 0.3 is 0 Å². The normalized spacial score (nSPS) is 37.9. The molecular weight excluding hydrogens is 160 g/mol. The quantitative estimate of drug-likeness (QED) is 0.630. The van der Waals surface area contributed by atoms with Gasteiger partial charge in [-0.1, -0.05) is 0 Å². The van der Waals surface area contributed by atoms with Crippen molar-refractivity contribution in [1.82, 2.24) is 0 Å². The van der Waals surface area contributed by atoms with Gasteiger partial charge in [-0.15, -0.1) is 0 Å². The van der Waals surface area contributed by atoms with E-state index in [1.165, 1.54) is 0 Å². The highest BCUT2D eigenvalue weighted by Gasteiger charge is 2.30. The van der Waals surface area contributed by atoms with Crippen LogP contribution >= 0.6 is 12.6 Å². The molecule has 0 aromatic carbocycles. The zero-order valence-electron chi connectivity index (χ0n) is 6.86. The minimum atomic E-state index is 0.224. The first-order valence-corrected chi connectivity index (χ1v) is 4.78. The topological polar surface area (TPSA) is 29.5 Å². The second-order valence-corrected chi connectivity index (χ2v) is 3.54. The van der Waals surface area contributed by atoms with E-state index in [0.717, 1.165) is 18.6 Å². The summed E-state index contributed by atoms with van der Waals surface area (Å²) in [6, 6.07) is 0. The highest BCUT2D eigenvalue weighted by Crippen LogP contribution is 2.28. The Kier molecular flexibility index (Phi) is 3.69. The lowest BCUT2D eigenvalue weighted by molar-refractivity contribution is 0.0307. The minimum absolute atomic E-state index is 0.224. The molecule has 1 aliphatic rings. The highest BCUT2D eigenvalue weighted by molar-refractivity contribution is 7.80. The maximum Gasteiger partial charge on any atom is 0.0637 e. The Morgan fingerprint density at radius 2 is 2.36 bits per heavy atom. The van der Waals surface area contributed by atoms with Crippen LogP contribution in [-0.2, 0) is 4.74 Å². The first kappa shape index (κ1) is 9.36. The number of aliphatic hydroxyl groups excluding tert-OH is 1. The Balaban J connectivity index is 2.37. The lowest BCUT2D eigenvalue weighted by Gasteiger charge is -2.14. The van der Waals surface area contributed by atoms with Gasteiger partial charge in [0.1, 0.15) is 0 Å². The number of thiol groups is 1. The second kappa shape index (κ2) is 4.33. The molecule has 1 saturated heterocycles. The van der Waals surface area contributed by atoms with Crippen molar-refractivity contribution in [2.75, 3.05) is 12.4 Å². The number of hydrogen-bond acceptors (Lipinski definition) is 3. The van der Waals surface area contributed by atoms with Crippen LogP contribution in [0.3, 0.4) is 0 Å². The average molecular weight is 176 g/mol. The standard InChI is InChI=1S/C8H16O2S/c1-6-4-7(5-11)8(10-6)2-3-9/h6-9,11H,2-5H2,1H3/t6-,7?,8+/m0/s1. The molecule has 3 heteroatoms. The molecule has 0 bridgehead atoms. The Hall–Kier alpha value is 0.270. The van der Waals surface area contributed by atoms with Gasteiger partial charge in [0.25, 0.3) is 0 Å². The van der Waals surface area contributed by atoms with E-state index in [1.54, 1.807) is 0 Å². The Bertz CT molecular complexity index is 119. The summed E-state index contributed by atoms with van der Waals surface area (Å²) in [7, 11) is 0. The summed E-state index contributed by atoms with van der Waals surface area (Å²) < 4.78 is 5.60. The number of ether oxygens (including phenoxy) is 1. The summed E-state index contributed by atoms with van der Waals surface area (Å²) in [5.41, 5.74) is 0. The molecule has 0 aromatic rings. The molecule has 1 rings (SSSR count). The van der Waals surface area contributed by atoms with E-state index in [2.05, 4.69) is 19.6 Å². The van der Waals surface area contributed by atoms with E-state index in [9.17, 15) is 0 Å². The summed E-state index contributed by atoms with van der Waals surface area (Å²) in [6.07, 6.45) is 2.44. The monoisotopic (exact) mass is 176 g/mol. The lowest BCUT2D eigenvalue weighted by Crippen LogP contribution is -2.18. The smallest absolute Gasteiger partial charge is 0.0637 e. The second-order valence-electron chi connectivity index (χ2n) is 3.18. The molecule has 11 heavy (non-hydrogen) atoms. The van der Waals surface area contributed by atoms with Crippen LogP contribution in [0.25, 0.3) is 0 Å². The predicted octanol–water partition coefficient (Wildman–Crippen LogP) is 1.09. The maximum atomic E-state index is 8.72. The summed E-state index contributed by atoms with van der Waals surface area (Å²) in [6.45, 7) is 2.30. The molecule has 1 unspecified atom stereocenters. The molecule has 1 heterocycles. The average Bonchev–Trinajstić information content (AvgIpc) is 2.32. The van der Waals surface area contributed by atoms with Crippen LogP contribution < -0.4 is 0 Å². The van der Waals surface area contributed by atoms with Crippen LogP contribution in [-0.4, -0.2) is 29.7 Å². The molecule has 2 nitrogen and oxygen atoms in total. The number of aliphatic hydroxyl groups is 1. The summed E-state index contributed by atoms with van der Waals surface area (Å²) >= 11 is 4.25.